The van der Waals surface area contributed by atoms with Crippen molar-refractivity contribution in [3.63, 3.8) is 0 Å². The Morgan fingerprint density at radius 1 is 1.07 bits per heavy atom. The van der Waals surface area contributed by atoms with Crippen molar-refractivity contribution in [3.05, 3.63) is 71.8 Å². The normalized spacial score (nSPS) is 19.3. The number of rotatable bonds is 8. The van der Waals surface area contributed by atoms with Crippen molar-refractivity contribution in [2.75, 3.05) is 33.4 Å². The molecule has 154 valence electrons. The molecule has 0 saturated carbocycles. The number of nitrogens with zero attached hydrogens (tertiary/aromatic N) is 1. The van der Waals surface area contributed by atoms with Gasteiger partial charge < -0.3 is 19.5 Å². The Bertz CT molecular complexity index is 767. The van der Waals surface area contributed by atoms with Crippen LogP contribution in [0.2, 0.25) is 0 Å². The molecule has 1 fully saturated rings. The minimum Gasteiger partial charge on any atom is -0.481 e. The second kappa shape index (κ2) is 9.67. The molecule has 6 nitrogen and oxygen atoms in total. The maximum Gasteiger partial charge on any atom is 0.313 e. The molecule has 2 aromatic rings. The molecule has 0 spiro atoms. The summed E-state index contributed by atoms with van der Waals surface area (Å²) >= 11 is 0. The number of hydrogen-bond acceptors (Lipinski definition) is 4. The Balaban J connectivity index is 1.71. The zero-order valence-electron chi connectivity index (χ0n) is 16.6. The Labute approximate surface area is 171 Å². The Morgan fingerprint density at radius 2 is 1.66 bits per heavy atom. The molecule has 0 radical (unpaired) electrons. The predicted octanol–water partition coefficient (Wildman–Crippen LogP) is 3.13. The lowest BCUT2D eigenvalue weighted by atomic mass is 9.80. The fraction of sp³-hybridized carbons (Fsp3) is 0.391. The minimum absolute atomic E-state index is 0.0869. The maximum absolute atomic E-state index is 12.8. The number of piperidine rings is 1. The molecule has 1 N–H and O–H groups in total. The SMILES string of the molecule is COCC1(C(=O)O)CCCN(C(=O)COC(c2ccccc2)c2ccccc2)C1. The average molecular weight is 397 g/mol. The van der Waals surface area contributed by atoms with Gasteiger partial charge in [-0.3, -0.25) is 9.59 Å². The lowest BCUT2D eigenvalue weighted by Gasteiger charge is -2.39. The van der Waals surface area contributed by atoms with E-state index in [1.54, 1.807) is 4.90 Å². The first-order valence-corrected chi connectivity index (χ1v) is 9.77. The summed E-state index contributed by atoms with van der Waals surface area (Å²) in [5.41, 5.74) is 0.870. The van der Waals surface area contributed by atoms with E-state index in [1.165, 1.54) is 7.11 Å². The van der Waals surface area contributed by atoms with Crippen molar-refractivity contribution in [1.29, 1.82) is 0 Å². The Hall–Kier alpha value is -2.70. The number of amides is 1. The smallest absolute Gasteiger partial charge is 0.313 e. The molecule has 6 heteroatoms. The highest BCUT2D eigenvalue weighted by molar-refractivity contribution is 5.80. The van der Waals surface area contributed by atoms with Gasteiger partial charge in [0.25, 0.3) is 0 Å². The number of hydrogen-bond donors (Lipinski definition) is 1. The highest BCUT2D eigenvalue weighted by atomic mass is 16.5. The first kappa shape index (κ1) is 21.0. The number of ether oxygens (including phenoxy) is 2. The van der Waals surface area contributed by atoms with E-state index < -0.39 is 11.4 Å². The predicted molar refractivity (Wildman–Crippen MR) is 108 cm³/mol. The van der Waals surface area contributed by atoms with Crippen molar-refractivity contribution in [2.24, 2.45) is 5.41 Å². The number of aliphatic carboxylic acids is 1. The van der Waals surface area contributed by atoms with Crippen molar-refractivity contribution in [3.8, 4) is 0 Å². The quantitative estimate of drug-likeness (QED) is 0.741. The van der Waals surface area contributed by atoms with Gasteiger partial charge >= 0.3 is 5.97 Å². The van der Waals surface area contributed by atoms with E-state index in [2.05, 4.69) is 0 Å². The first-order valence-electron chi connectivity index (χ1n) is 9.77. The van der Waals surface area contributed by atoms with Crippen molar-refractivity contribution in [2.45, 2.75) is 18.9 Å². The van der Waals surface area contributed by atoms with E-state index in [0.29, 0.717) is 19.4 Å². The monoisotopic (exact) mass is 397 g/mol. The third-order valence-corrected chi connectivity index (χ3v) is 5.38. The van der Waals surface area contributed by atoms with Crippen molar-refractivity contribution in [1.82, 2.24) is 4.90 Å². The Morgan fingerprint density at radius 3 is 2.17 bits per heavy atom. The fourth-order valence-corrected chi connectivity index (χ4v) is 3.86. The second-order valence-corrected chi connectivity index (χ2v) is 7.45. The summed E-state index contributed by atoms with van der Waals surface area (Å²) in [5.74, 6) is -1.13. The van der Waals surface area contributed by atoms with Gasteiger partial charge in [0.15, 0.2) is 0 Å². The lowest BCUT2D eigenvalue weighted by Crippen LogP contribution is -2.52. The summed E-state index contributed by atoms with van der Waals surface area (Å²) < 4.78 is 11.2. The molecule has 1 aliphatic heterocycles. The third kappa shape index (κ3) is 5.02. The fourth-order valence-electron chi connectivity index (χ4n) is 3.86. The number of methoxy groups -OCH3 is 1. The van der Waals surface area contributed by atoms with Crippen LogP contribution in [0.25, 0.3) is 0 Å². The largest absolute Gasteiger partial charge is 0.481 e. The van der Waals surface area contributed by atoms with Crippen LogP contribution in [0.3, 0.4) is 0 Å². The third-order valence-electron chi connectivity index (χ3n) is 5.38. The zero-order chi connectivity index (χ0) is 20.7. The van der Waals surface area contributed by atoms with Gasteiger partial charge in [-0.1, -0.05) is 60.7 Å². The minimum atomic E-state index is -1.05. The molecule has 0 aromatic heterocycles. The highest BCUT2D eigenvalue weighted by Crippen LogP contribution is 2.31. The van der Waals surface area contributed by atoms with E-state index in [0.717, 1.165) is 11.1 Å². The van der Waals surface area contributed by atoms with E-state index in [9.17, 15) is 14.7 Å². The van der Waals surface area contributed by atoms with Crippen LogP contribution in [0.15, 0.2) is 60.7 Å². The summed E-state index contributed by atoms with van der Waals surface area (Å²) in [7, 11) is 1.49. The van der Waals surface area contributed by atoms with Gasteiger partial charge in [0.2, 0.25) is 5.91 Å². The van der Waals surface area contributed by atoms with E-state index in [1.807, 2.05) is 60.7 Å². The molecule has 0 aliphatic carbocycles. The van der Waals surface area contributed by atoms with Crippen LogP contribution >= 0.6 is 0 Å². The topological polar surface area (TPSA) is 76.1 Å². The van der Waals surface area contributed by atoms with Gasteiger partial charge in [-0.25, -0.2) is 0 Å². The van der Waals surface area contributed by atoms with Crippen LogP contribution in [0, 0.1) is 5.41 Å². The number of benzene rings is 2. The molecule has 29 heavy (non-hydrogen) atoms. The first-order chi connectivity index (χ1) is 14.1. The molecule has 1 saturated heterocycles. The number of carboxylic acid groups (broad SMARTS) is 1. The standard InChI is InChI=1S/C23H27NO5/c1-28-17-23(22(26)27)13-8-14-24(16-23)20(25)15-29-21(18-9-4-2-5-10-18)19-11-6-3-7-12-19/h2-7,9-12,21H,8,13-17H2,1H3,(H,26,27). The summed E-state index contributed by atoms with van der Waals surface area (Å²) in [6, 6.07) is 19.5. The van der Waals surface area contributed by atoms with Crippen LogP contribution in [0.1, 0.15) is 30.1 Å². The summed E-state index contributed by atoms with van der Waals surface area (Å²) in [6.45, 7) is 0.642. The summed E-state index contributed by atoms with van der Waals surface area (Å²) in [6.07, 6.45) is 0.758. The number of carbonyl (C=O) groups is 2. The molecule has 0 bridgehead atoms. The Kier molecular flexibility index (Phi) is 7.01. The van der Waals surface area contributed by atoms with Crippen LogP contribution in [0.5, 0.6) is 0 Å². The average Bonchev–Trinajstić information content (AvgIpc) is 2.75. The van der Waals surface area contributed by atoms with Gasteiger partial charge in [0.1, 0.15) is 18.1 Å². The summed E-state index contributed by atoms with van der Waals surface area (Å²) in [4.78, 5) is 26.3. The van der Waals surface area contributed by atoms with Crippen LogP contribution in [-0.4, -0.2) is 55.3 Å². The lowest BCUT2D eigenvalue weighted by molar-refractivity contribution is -0.160. The number of carbonyl (C=O) groups excluding carboxylic acids is 1. The summed E-state index contributed by atoms with van der Waals surface area (Å²) in [5, 5.41) is 9.69. The van der Waals surface area contributed by atoms with Crippen molar-refractivity contribution >= 4 is 11.9 Å². The van der Waals surface area contributed by atoms with Crippen molar-refractivity contribution < 1.29 is 24.2 Å². The van der Waals surface area contributed by atoms with Gasteiger partial charge in [-0.05, 0) is 24.0 Å². The van der Waals surface area contributed by atoms with Gasteiger partial charge in [-0.15, -0.1) is 0 Å². The molecular formula is C23H27NO5. The van der Waals surface area contributed by atoms with Crippen LogP contribution in [0.4, 0.5) is 0 Å². The second-order valence-electron chi connectivity index (χ2n) is 7.45. The molecule has 2 aromatic carbocycles. The molecule has 3 rings (SSSR count). The molecule has 1 unspecified atom stereocenters. The van der Waals surface area contributed by atoms with Crippen LogP contribution < -0.4 is 0 Å². The van der Waals surface area contributed by atoms with Crippen LogP contribution in [-0.2, 0) is 19.1 Å². The van der Waals surface area contributed by atoms with E-state index in [-0.39, 0.29) is 31.8 Å². The van der Waals surface area contributed by atoms with E-state index >= 15 is 0 Å². The number of likely N-dealkylation sites (tertiary alicyclic amines) is 1. The van der Waals surface area contributed by atoms with E-state index in [4.69, 9.17) is 9.47 Å². The molecule has 1 atom stereocenters. The molecule has 1 amide bonds. The van der Waals surface area contributed by atoms with Gasteiger partial charge in [0.05, 0.1) is 6.61 Å². The highest BCUT2D eigenvalue weighted by Gasteiger charge is 2.43. The molecule has 1 aliphatic rings. The van der Waals surface area contributed by atoms with Gasteiger partial charge in [-0.2, -0.15) is 0 Å². The molecular weight excluding hydrogens is 370 g/mol. The zero-order valence-corrected chi connectivity index (χ0v) is 16.6. The molecule has 1 heterocycles. The maximum atomic E-state index is 12.8. The number of carboxylic acids is 1. The van der Waals surface area contributed by atoms with Gasteiger partial charge in [0, 0.05) is 20.2 Å².